The van der Waals surface area contributed by atoms with Crippen LogP contribution in [0.5, 0.6) is 0 Å². The fourth-order valence-corrected chi connectivity index (χ4v) is 3.50. The van der Waals surface area contributed by atoms with Crippen molar-refractivity contribution < 1.29 is 14.3 Å². The molecule has 0 aliphatic carbocycles. The van der Waals surface area contributed by atoms with Crippen molar-refractivity contribution in [3.8, 4) is 0 Å². The van der Waals surface area contributed by atoms with Crippen molar-refractivity contribution in [1.82, 2.24) is 10.2 Å². The molecule has 0 spiro atoms. The molecule has 0 aromatic heterocycles. The minimum atomic E-state index is -0.771. The third-order valence-corrected chi connectivity index (χ3v) is 5.09. The molecule has 5 nitrogen and oxygen atoms in total. The van der Waals surface area contributed by atoms with Crippen molar-refractivity contribution in [3.63, 3.8) is 0 Å². The molecule has 2 amide bonds. The van der Waals surface area contributed by atoms with Gasteiger partial charge >= 0.3 is 0 Å². The van der Waals surface area contributed by atoms with Crippen LogP contribution in [0.3, 0.4) is 0 Å². The molecular formula is C16H30N2O3. The maximum atomic E-state index is 13.2. The summed E-state index contributed by atoms with van der Waals surface area (Å²) in [4.78, 5) is 27.8. The highest BCUT2D eigenvalue weighted by atomic mass is 16.5. The Kier molecular flexibility index (Phi) is 5.79. The van der Waals surface area contributed by atoms with Gasteiger partial charge in [-0.2, -0.15) is 0 Å². The van der Waals surface area contributed by atoms with Gasteiger partial charge in [-0.15, -0.1) is 0 Å². The van der Waals surface area contributed by atoms with Gasteiger partial charge in [0.1, 0.15) is 11.1 Å². The number of piperazine rings is 1. The molecule has 0 aromatic carbocycles. The second-order valence-corrected chi connectivity index (χ2v) is 5.96. The van der Waals surface area contributed by atoms with Gasteiger partial charge in [0.15, 0.2) is 0 Å². The van der Waals surface area contributed by atoms with E-state index in [9.17, 15) is 9.59 Å². The van der Waals surface area contributed by atoms with Crippen LogP contribution in [0.15, 0.2) is 0 Å². The zero-order chi connectivity index (χ0) is 16.3. The van der Waals surface area contributed by atoms with Crippen molar-refractivity contribution in [2.45, 2.75) is 77.4 Å². The summed E-state index contributed by atoms with van der Waals surface area (Å²) in [5, 5.41) is 3.03. The second-order valence-electron chi connectivity index (χ2n) is 5.96. The normalized spacial score (nSPS) is 22.1. The van der Waals surface area contributed by atoms with E-state index in [1.807, 2.05) is 34.6 Å². The molecule has 1 rings (SSSR count). The van der Waals surface area contributed by atoms with Crippen LogP contribution in [0.4, 0.5) is 0 Å². The van der Waals surface area contributed by atoms with Crippen LogP contribution in [0.25, 0.3) is 0 Å². The highest BCUT2D eigenvalue weighted by molar-refractivity contribution is 6.02. The Morgan fingerprint density at radius 3 is 2.00 bits per heavy atom. The molecule has 1 aliphatic rings. The molecule has 0 aromatic rings. The van der Waals surface area contributed by atoms with E-state index >= 15 is 0 Å². The minimum Gasteiger partial charge on any atom is -0.383 e. The Labute approximate surface area is 128 Å². The van der Waals surface area contributed by atoms with Gasteiger partial charge in [-0.3, -0.25) is 9.59 Å². The van der Waals surface area contributed by atoms with Gasteiger partial charge in [-0.1, -0.05) is 27.7 Å². The Morgan fingerprint density at radius 1 is 1.10 bits per heavy atom. The molecule has 1 N–H and O–H groups in total. The van der Waals surface area contributed by atoms with Crippen LogP contribution in [0.1, 0.15) is 60.3 Å². The zero-order valence-electron chi connectivity index (χ0n) is 14.3. The van der Waals surface area contributed by atoms with Gasteiger partial charge in [0.05, 0.1) is 12.6 Å². The number of methoxy groups -OCH3 is 1. The summed E-state index contributed by atoms with van der Waals surface area (Å²) in [6, 6.07) is -0.120. The molecule has 0 saturated carbocycles. The van der Waals surface area contributed by atoms with Crippen molar-refractivity contribution in [3.05, 3.63) is 0 Å². The number of nitrogens with one attached hydrogen (secondary N) is 1. The number of carbonyl (C=O) groups excluding carboxylic acids is 2. The number of rotatable bonds is 7. The second kappa shape index (κ2) is 6.77. The molecule has 21 heavy (non-hydrogen) atoms. The smallest absolute Gasteiger partial charge is 0.249 e. The van der Waals surface area contributed by atoms with E-state index in [1.54, 1.807) is 12.0 Å². The number of hydrogen-bond donors (Lipinski definition) is 1. The van der Waals surface area contributed by atoms with E-state index in [4.69, 9.17) is 4.74 Å². The molecule has 5 heteroatoms. The van der Waals surface area contributed by atoms with Crippen LogP contribution >= 0.6 is 0 Å². The lowest BCUT2D eigenvalue weighted by atomic mass is 9.78. The Morgan fingerprint density at radius 2 is 1.62 bits per heavy atom. The SMILES string of the molecule is CCC1(CC)NC(=O)C(CC)(CC)N(C(C)COC)C1=O. The molecular weight excluding hydrogens is 268 g/mol. The van der Waals surface area contributed by atoms with E-state index in [1.165, 1.54) is 0 Å². The van der Waals surface area contributed by atoms with Gasteiger partial charge in [-0.05, 0) is 32.6 Å². The Hall–Kier alpha value is -1.10. The molecule has 0 radical (unpaired) electrons. The van der Waals surface area contributed by atoms with Gasteiger partial charge in [0.2, 0.25) is 11.8 Å². The van der Waals surface area contributed by atoms with Crippen LogP contribution in [-0.4, -0.2) is 47.6 Å². The molecule has 1 unspecified atom stereocenters. The van der Waals surface area contributed by atoms with E-state index in [-0.39, 0.29) is 17.9 Å². The van der Waals surface area contributed by atoms with Crippen LogP contribution in [0, 0.1) is 0 Å². The quantitative estimate of drug-likeness (QED) is 0.783. The number of ether oxygens (including phenoxy) is 1. The highest BCUT2D eigenvalue weighted by Crippen LogP contribution is 2.36. The number of carbonyl (C=O) groups is 2. The van der Waals surface area contributed by atoms with E-state index < -0.39 is 11.1 Å². The molecule has 1 aliphatic heterocycles. The van der Waals surface area contributed by atoms with Crippen molar-refractivity contribution in [2.75, 3.05) is 13.7 Å². The van der Waals surface area contributed by atoms with Crippen LogP contribution in [0.2, 0.25) is 0 Å². The first-order chi connectivity index (χ1) is 9.88. The molecule has 0 bridgehead atoms. The van der Waals surface area contributed by atoms with Crippen LogP contribution < -0.4 is 5.32 Å². The third kappa shape index (κ3) is 2.68. The average molecular weight is 298 g/mol. The third-order valence-electron chi connectivity index (χ3n) is 5.09. The number of nitrogens with zero attached hydrogens (tertiary/aromatic N) is 1. The lowest BCUT2D eigenvalue weighted by Gasteiger charge is -2.54. The molecule has 1 saturated heterocycles. The van der Waals surface area contributed by atoms with Crippen molar-refractivity contribution in [2.24, 2.45) is 0 Å². The maximum Gasteiger partial charge on any atom is 0.249 e. The maximum absolute atomic E-state index is 13.2. The minimum absolute atomic E-state index is 0.0281. The van der Waals surface area contributed by atoms with Gasteiger partial charge < -0.3 is 15.0 Å². The Balaban J connectivity index is 3.36. The summed E-state index contributed by atoms with van der Waals surface area (Å²) in [6.07, 6.45) is 2.43. The van der Waals surface area contributed by atoms with E-state index in [0.717, 1.165) is 0 Å². The zero-order valence-corrected chi connectivity index (χ0v) is 14.3. The fraction of sp³-hybridized carbons (Fsp3) is 0.875. The Bertz CT molecular complexity index is 387. The first-order valence-corrected chi connectivity index (χ1v) is 8.04. The summed E-state index contributed by atoms with van der Waals surface area (Å²) in [7, 11) is 1.62. The summed E-state index contributed by atoms with van der Waals surface area (Å²) in [5.74, 6) is -0.000830. The summed E-state index contributed by atoms with van der Waals surface area (Å²) >= 11 is 0. The monoisotopic (exact) mass is 298 g/mol. The topological polar surface area (TPSA) is 58.6 Å². The molecule has 1 atom stereocenters. The lowest BCUT2D eigenvalue weighted by molar-refractivity contribution is -0.169. The van der Waals surface area contributed by atoms with Gasteiger partial charge in [-0.25, -0.2) is 0 Å². The predicted octanol–water partition coefficient (Wildman–Crippen LogP) is 2.10. The van der Waals surface area contributed by atoms with Gasteiger partial charge in [0, 0.05) is 7.11 Å². The van der Waals surface area contributed by atoms with E-state index in [0.29, 0.717) is 32.3 Å². The van der Waals surface area contributed by atoms with Crippen LogP contribution in [-0.2, 0) is 14.3 Å². The van der Waals surface area contributed by atoms with Crippen molar-refractivity contribution in [1.29, 1.82) is 0 Å². The number of hydrogen-bond acceptors (Lipinski definition) is 3. The summed E-state index contributed by atoms with van der Waals surface area (Å²) in [5.41, 5.74) is -1.53. The number of amides is 2. The molecule has 1 heterocycles. The molecule has 122 valence electrons. The van der Waals surface area contributed by atoms with Crippen molar-refractivity contribution >= 4 is 11.8 Å². The molecule has 1 fully saturated rings. The first kappa shape index (κ1) is 18.0. The lowest BCUT2D eigenvalue weighted by Crippen LogP contribution is -2.77. The largest absolute Gasteiger partial charge is 0.383 e. The average Bonchev–Trinajstić information content (AvgIpc) is 2.49. The predicted molar refractivity (Wildman–Crippen MR) is 83.0 cm³/mol. The first-order valence-electron chi connectivity index (χ1n) is 8.04. The standard InChI is InChI=1S/C16H30N2O3/c1-7-15(8-2)14(20)18(12(5)11-21-6)16(9-3,10-4)13(19)17-15/h12H,7-11H2,1-6H3,(H,17,19). The highest BCUT2D eigenvalue weighted by Gasteiger charge is 2.56. The fourth-order valence-electron chi connectivity index (χ4n) is 3.50. The van der Waals surface area contributed by atoms with Gasteiger partial charge in [0.25, 0.3) is 0 Å². The van der Waals surface area contributed by atoms with E-state index in [2.05, 4.69) is 5.32 Å². The summed E-state index contributed by atoms with van der Waals surface area (Å²) in [6.45, 7) is 10.2. The summed E-state index contributed by atoms with van der Waals surface area (Å²) < 4.78 is 5.23.